The van der Waals surface area contributed by atoms with Crippen LogP contribution in [0.2, 0.25) is 0 Å². The predicted molar refractivity (Wildman–Crippen MR) is 137 cm³/mol. The molecule has 0 spiro atoms. The average molecular weight is 489 g/mol. The van der Waals surface area contributed by atoms with Crippen LogP contribution in [0, 0.1) is 29.6 Å². The highest BCUT2D eigenvalue weighted by Gasteiger charge is 2.23. The Kier molecular flexibility index (Phi) is 5.09. The number of para-hydroxylation sites is 2. The molecule has 0 amide bonds. The molecule has 10 heteroatoms. The highest BCUT2D eigenvalue weighted by Crippen LogP contribution is 2.33. The zero-order valence-electron chi connectivity index (χ0n) is 20.3. The van der Waals surface area contributed by atoms with E-state index in [1.165, 1.54) is 0 Å². The van der Waals surface area contributed by atoms with Crippen molar-refractivity contribution in [2.45, 2.75) is 19.9 Å². The number of nitriles is 2. The molecule has 2 aromatic carbocycles. The molecule has 10 nitrogen and oxygen atoms in total. The van der Waals surface area contributed by atoms with Crippen molar-refractivity contribution in [2.75, 3.05) is 14.2 Å². The van der Waals surface area contributed by atoms with E-state index < -0.39 is 0 Å². The number of benzene rings is 2. The molecule has 180 valence electrons. The summed E-state index contributed by atoms with van der Waals surface area (Å²) >= 11 is 0. The minimum atomic E-state index is -0.0243. The first-order valence-electron chi connectivity index (χ1n) is 11.6. The van der Waals surface area contributed by atoms with Crippen molar-refractivity contribution in [3.63, 3.8) is 0 Å². The number of aryl methyl sites for hydroxylation is 3. The van der Waals surface area contributed by atoms with E-state index in [1.807, 2.05) is 70.5 Å². The summed E-state index contributed by atoms with van der Waals surface area (Å²) in [5.41, 5.74) is 5.04. The SMILES string of the molecule is COc1ccc(CCn2c3nc(C#N)c(C#N)nc3c3c2nc(C)n2c4ccccc4nc32)cc1OC. The zero-order chi connectivity index (χ0) is 25.7. The van der Waals surface area contributed by atoms with Crippen molar-refractivity contribution < 1.29 is 9.47 Å². The van der Waals surface area contributed by atoms with Crippen molar-refractivity contribution in [3.8, 4) is 23.6 Å². The molecule has 0 bridgehead atoms. The van der Waals surface area contributed by atoms with Crippen LogP contribution in [-0.4, -0.2) is 43.1 Å². The van der Waals surface area contributed by atoms with Crippen LogP contribution in [0.3, 0.4) is 0 Å². The molecule has 0 atom stereocenters. The van der Waals surface area contributed by atoms with E-state index in [4.69, 9.17) is 19.4 Å². The minimum absolute atomic E-state index is 0.0218. The lowest BCUT2D eigenvalue weighted by molar-refractivity contribution is 0.354. The van der Waals surface area contributed by atoms with E-state index in [0.29, 0.717) is 52.3 Å². The van der Waals surface area contributed by atoms with Gasteiger partial charge in [0.2, 0.25) is 0 Å². The third-order valence-corrected chi connectivity index (χ3v) is 6.51. The molecule has 0 N–H and O–H groups in total. The number of methoxy groups -OCH3 is 2. The number of ether oxygens (including phenoxy) is 2. The van der Waals surface area contributed by atoms with Gasteiger partial charge in [-0.25, -0.2) is 19.9 Å². The van der Waals surface area contributed by atoms with Gasteiger partial charge in [0.15, 0.2) is 34.2 Å². The fourth-order valence-corrected chi connectivity index (χ4v) is 4.82. The number of imidazole rings is 1. The Bertz CT molecular complexity index is 1960. The molecule has 0 aliphatic rings. The van der Waals surface area contributed by atoms with Gasteiger partial charge in [0.05, 0.1) is 30.6 Å². The lowest BCUT2D eigenvalue weighted by atomic mass is 10.1. The van der Waals surface area contributed by atoms with Gasteiger partial charge in [0.1, 0.15) is 29.1 Å². The molecular weight excluding hydrogens is 468 g/mol. The maximum absolute atomic E-state index is 9.63. The third-order valence-electron chi connectivity index (χ3n) is 6.51. The fourth-order valence-electron chi connectivity index (χ4n) is 4.82. The predicted octanol–water partition coefficient (Wildman–Crippen LogP) is 4.09. The molecule has 6 rings (SSSR count). The van der Waals surface area contributed by atoms with Gasteiger partial charge in [-0.05, 0) is 43.2 Å². The number of nitrogens with zero attached hydrogens (tertiary/aromatic N) is 8. The van der Waals surface area contributed by atoms with Crippen molar-refractivity contribution in [3.05, 3.63) is 65.2 Å². The highest BCUT2D eigenvalue weighted by molar-refractivity contribution is 6.11. The molecule has 0 radical (unpaired) electrons. The Morgan fingerprint density at radius 3 is 2.35 bits per heavy atom. The summed E-state index contributed by atoms with van der Waals surface area (Å²) in [4.78, 5) is 19.0. The summed E-state index contributed by atoms with van der Waals surface area (Å²) in [6.45, 7) is 2.43. The number of hydrogen-bond acceptors (Lipinski definition) is 8. The number of hydrogen-bond donors (Lipinski definition) is 0. The first kappa shape index (κ1) is 22.3. The zero-order valence-corrected chi connectivity index (χ0v) is 20.3. The van der Waals surface area contributed by atoms with Crippen LogP contribution in [0.4, 0.5) is 0 Å². The van der Waals surface area contributed by atoms with Gasteiger partial charge in [0, 0.05) is 6.54 Å². The van der Waals surface area contributed by atoms with Crippen molar-refractivity contribution in [1.29, 1.82) is 10.5 Å². The molecule has 0 unspecified atom stereocenters. The second-order valence-electron chi connectivity index (χ2n) is 8.52. The normalized spacial score (nSPS) is 11.3. The monoisotopic (exact) mass is 488 g/mol. The second-order valence-corrected chi connectivity index (χ2v) is 8.52. The smallest absolute Gasteiger partial charge is 0.179 e. The number of rotatable bonds is 5. The van der Waals surface area contributed by atoms with Crippen LogP contribution in [-0.2, 0) is 13.0 Å². The van der Waals surface area contributed by atoms with Crippen molar-refractivity contribution >= 4 is 38.9 Å². The highest BCUT2D eigenvalue weighted by atomic mass is 16.5. The maximum Gasteiger partial charge on any atom is 0.179 e. The molecular formula is C27H20N8O2. The van der Waals surface area contributed by atoms with Gasteiger partial charge in [-0.15, -0.1) is 0 Å². The molecule has 0 fully saturated rings. The summed E-state index contributed by atoms with van der Waals surface area (Å²) in [6.07, 6.45) is 0.630. The fraction of sp³-hybridized carbons (Fsp3) is 0.185. The van der Waals surface area contributed by atoms with Crippen LogP contribution in [0.1, 0.15) is 22.8 Å². The number of fused-ring (bicyclic) bond motifs is 7. The van der Waals surface area contributed by atoms with Gasteiger partial charge in [0.25, 0.3) is 0 Å². The first-order valence-corrected chi connectivity index (χ1v) is 11.6. The molecule has 4 aromatic heterocycles. The van der Waals surface area contributed by atoms with Crippen LogP contribution in [0.25, 0.3) is 38.9 Å². The maximum atomic E-state index is 9.63. The van der Waals surface area contributed by atoms with Gasteiger partial charge in [-0.2, -0.15) is 10.5 Å². The standard InChI is InChI=1S/C27H20N8O2/c1-15-30-25-23(26-32-17-6-4-5-7-20(17)35(15)26)24-27(33-19(14-29)18(13-28)31-24)34(25)11-10-16-8-9-21(36-2)22(12-16)37-3/h4-9,12H,10-11H2,1-3H3. The molecule has 37 heavy (non-hydrogen) atoms. The second kappa shape index (κ2) is 8.47. The van der Waals surface area contributed by atoms with Crippen LogP contribution in [0.15, 0.2) is 42.5 Å². The summed E-state index contributed by atoms with van der Waals surface area (Å²) in [5, 5.41) is 20.0. The lowest BCUT2D eigenvalue weighted by Crippen LogP contribution is -2.06. The van der Waals surface area contributed by atoms with Crippen LogP contribution in [0.5, 0.6) is 11.5 Å². The van der Waals surface area contributed by atoms with Gasteiger partial charge >= 0.3 is 0 Å². The average Bonchev–Trinajstić information content (AvgIpc) is 3.46. The van der Waals surface area contributed by atoms with E-state index in [2.05, 4.69) is 9.97 Å². The Labute approximate surface area is 211 Å². The molecule has 6 aromatic rings. The summed E-state index contributed by atoms with van der Waals surface area (Å²) in [7, 11) is 3.21. The van der Waals surface area contributed by atoms with E-state index >= 15 is 0 Å². The van der Waals surface area contributed by atoms with Crippen molar-refractivity contribution in [2.24, 2.45) is 0 Å². The van der Waals surface area contributed by atoms with Gasteiger partial charge in [-0.1, -0.05) is 18.2 Å². The summed E-state index contributed by atoms with van der Waals surface area (Å²) in [5.74, 6) is 2.06. The number of aromatic nitrogens is 6. The van der Waals surface area contributed by atoms with Crippen LogP contribution >= 0.6 is 0 Å². The Balaban J connectivity index is 1.63. The topological polar surface area (TPSA) is 127 Å². The van der Waals surface area contributed by atoms with Gasteiger partial charge < -0.3 is 14.0 Å². The largest absolute Gasteiger partial charge is 0.493 e. The van der Waals surface area contributed by atoms with E-state index in [9.17, 15) is 10.5 Å². The molecule has 4 heterocycles. The third kappa shape index (κ3) is 3.31. The van der Waals surface area contributed by atoms with Gasteiger partial charge in [-0.3, -0.25) is 4.40 Å². The van der Waals surface area contributed by atoms with E-state index in [0.717, 1.165) is 22.4 Å². The molecule has 0 aliphatic carbocycles. The van der Waals surface area contributed by atoms with Crippen LogP contribution < -0.4 is 9.47 Å². The lowest BCUT2D eigenvalue weighted by Gasteiger charge is -2.11. The summed E-state index contributed by atoms with van der Waals surface area (Å²) in [6, 6.07) is 17.6. The molecule has 0 saturated carbocycles. The Morgan fingerprint density at radius 2 is 1.59 bits per heavy atom. The van der Waals surface area contributed by atoms with E-state index in [1.54, 1.807) is 14.2 Å². The Hall–Kier alpha value is -5.22. The summed E-state index contributed by atoms with van der Waals surface area (Å²) < 4.78 is 14.8. The first-order chi connectivity index (χ1) is 18.1. The van der Waals surface area contributed by atoms with Crippen molar-refractivity contribution in [1.82, 2.24) is 28.9 Å². The molecule has 0 saturated heterocycles. The quantitative estimate of drug-likeness (QED) is 0.355. The Morgan fingerprint density at radius 1 is 0.838 bits per heavy atom. The van der Waals surface area contributed by atoms with E-state index in [-0.39, 0.29) is 11.4 Å². The molecule has 0 aliphatic heterocycles. The minimum Gasteiger partial charge on any atom is -0.493 e.